The molecule has 0 aliphatic carbocycles. The second-order valence-electron chi connectivity index (χ2n) is 4.29. The Hall–Kier alpha value is -2.28. The van der Waals surface area contributed by atoms with Gasteiger partial charge in [-0.3, -0.25) is 19.4 Å². The van der Waals surface area contributed by atoms with E-state index in [1.54, 1.807) is 42.1 Å². The van der Waals surface area contributed by atoms with Crippen LogP contribution >= 0.6 is 15.9 Å². The average molecular weight is 336 g/mol. The average Bonchev–Trinajstić information content (AvgIpc) is 2.95. The second-order valence-corrected chi connectivity index (χ2v) is 5.07. The van der Waals surface area contributed by atoms with Gasteiger partial charge < -0.3 is 9.73 Å². The van der Waals surface area contributed by atoms with Gasteiger partial charge >= 0.3 is 0 Å². The van der Waals surface area contributed by atoms with Crippen molar-refractivity contribution in [2.75, 3.05) is 5.32 Å². The molecule has 0 atom stereocenters. The molecule has 3 aromatic rings. The van der Waals surface area contributed by atoms with E-state index in [4.69, 9.17) is 4.42 Å². The minimum Gasteiger partial charge on any atom is -0.444 e. The highest BCUT2D eigenvalue weighted by atomic mass is 79.9. The summed E-state index contributed by atoms with van der Waals surface area (Å²) >= 11 is 3.14. The third-order valence-electron chi connectivity index (χ3n) is 2.93. The number of halogens is 1. The van der Waals surface area contributed by atoms with E-state index in [1.807, 2.05) is 0 Å². The van der Waals surface area contributed by atoms with Gasteiger partial charge in [0, 0.05) is 12.7 Å². The number of furan rings is 1. The van der Waals surface area contributed by atoms with E-state index in [9.17, 15) is 9.59 Å². The highest BCUT2D eigenvalue weighted by Crippen LogP contribution is 2.18. The number of hydrogen-bond donors (Lipinski definition) is 2. The van der Waals surface area contributed by atoms with Crippen LogP contribution in [-0.4, -0.2) is 15.7 Å². The van der Waals surface area contributed by atoms with E-state index >= 15 is 0 Å². The number of amides is 1. The highest BCUT2D eigenvalue weighted by Gasteiger charge is 2.12. The Morgan fingerprint density at radius 1 is 1.35 bits per heavy atom. The predicted octanol–water partition coefficient (Wildman–Crippen LogP) is 2.47. The molecule has 6 nitrogen and oxygen atoms in total. The van der Waals surface area contributed by atoms with Crippen molar-refractivity contribution in [2.24, 2.45) is 7.05 Å². The van der Waals surface area contributed by atoms with Crippen molar-refractivity contribution in [3.05, 3.63) is 51.1 Å². The third-order valence-corrected chi connectivity index (χ3v) is 3.35. The summed E-state index contributed by atoms with van der Waals surface area (Å²) in [5.41, 5.74) is 1.11. The van der Waals surface area contributed by atoms with E-state index < -0.39 is 0 Å². The number of carbonyl (C=O) groups excluding carboxylic acids is 1. The number of aromatic nitrogens is 2. The Bertz CT molecular complexity index is 859. The number of aromatic amines is 1. The number of rotatable bonds is 2. The largest absolute Gasteiger partial charge is 0.444 e. The van der Waals surface area contributed by atoms with Gasteiger partial charge in [0.25, 0.3) is 11.5 Å². The van der Waals surface area contributed by atoms with Crippen molar-refractivity contribution >= 4 is 38.4 Å². The molecule has 2 N–H and O–H groups in total. The van der Waals surface area contributed by atoms with E-state index in [0.29, 0.717) is 15.7 Å². The van der Waals surface area contributed by atoms with Crippen LogP contribution in [0.5, 0.6) is 0 Å². The molecule has 0 saturated carbocycles. The van der Waals surface area contributed by atoms with Crippen molar-refractivity contribution in [2.45, 2.75) is 0 Å². The van der Waals surface area contributed by atoms with Gasteiger partial charge in [-0.25, -0.2) is 0 Å². The summed E-state index contributed by atoms with van der Waals surface area (Å²) in [5.74, 6) is -0.179. The van der Waals surface area contributed by atoms with Crippen LogP contribution in [0.25, 0.3) is 10.9 Å². The molecule has 1 aromatic carbocycles. The second kappa shape index (κ2) is 4.68. The molecule has 0 radical (unpaired) electrons. The number of fused-ring (bicyclic) bond motifs is 1. The van der Waals surface area contributed by atoms with Gasteiger partial charge in [0.1, 0.15) is 0 Å². The Morgan fingerprint density at radius 3 is 2.85 bits per heavy atom. The molecule has 0 unspecified atom stereocenters. The molecule has 2 heterocycles. The number of benzene rings is 1. The fraction of sp³-hybridized carbons (Fsp3) is 0.0769. The van der Waals surface area contributed by atoms with Crippen molar-refractivity contribution < 1.29 is 9.21 Å². The van der Waals surface area contributed by atoms with E-state index in [0.717, 1.165) is 5.52 Å². The molecule has 0 spiro atoms. The van der Waals surface area contributed by atoms with Gasteiger partial charge in [0.2, 0.25) is 0 Å². The smallest absolute Gasteiger partial charge is 0.291 e. The number of hydrogen-bond acceptors (Lipinski definition) is 3. The first kappa shape index (κ1) is 12.7. The molecule has 3 rings (SSSR count). The number of nitrogens with zero attached hydrogens (tertiary/aromatic N) is 1. The maximum atomic E-state index is 11.9. The summed E-state index contributed by atoms with van der Waals surface area (Å²) in [6, 6.07) is 8.32. The van der Waals surface area contributed by atoms with Crippen LogP contribution in [0.3, 0.4) is 0 Å². The summed E-state index contributed by atoms with van der Waals surface area (Å²) in [4.78, 5) is 23.6. The van der Waals surface area contributed by atoms with Gasteiger partial charge in [-0.1, -0.05) is 0 Å². The van der Waals surface area contributed by atoms with Gasteiger partial charge in [-0.2, -0.15) is 0 Å². The molecule has 0 saturated heterocycles. The normalized spacial score (nSPS) is 10.9. The zero-order valence-corrected chi connectivity index (χ0v) is 12.0. The summed E-state index contributed by atoms with van der Waals surface area (Å²) in [6.07, 6.45) is 0. The molecule has 0 bridgehead atoms. The zero-order valence-electron chi connectivity index (χ0n) is 10.4. The number of nitrogens with one attached hydrogen (secondary N) is 2. The summed E-state index contributed by atoms with van der Waals surface area (Å²) in [5, 5.41) is 5.86. The predicted molar refractivity (Wildman–Crippen MR) is 77.9 cm³/mol. The Balaban J connectivity index is 1.93. The van der Waals surface area contributed by atoms with Crippen LogP contribution in [0.15, 0.2) is 44.2 Å². The fourth-order valence-corrected chi connectivity index (χ4v) is 2.30. The lowest BCUT2D eigenvalue weighted by atomic mass is 10.2. The SMILES string of the molecule is Cn1[nH]c(=O)c2cc(NC(=O)c3ccc(Br)o3)ccc21. The molecular formula is C13H10BrN3O3. The van der Waals surface area contributed by atoms with Crippen LogP contribution in [0.1, 0.15) is 10.6 Å². The molecule has 2 aromatic heterocycles. The molecular weight excluding hydrogens is 326 g/mol. The Labute approximate surface area is 121 Å². The molecule has 20 heavy (non-hydrogen) atoms. The van der Waals surface area contributed by atoms with E-state index in [2.05, 4.69) is 26.3 Å². The van der Waals surface area contributed by atoms with Gasteiger partial charge in [-0.15, -0.1) is 0 Å². The quantitative estimate of drug-likeness (QED) is 0.754. The van der Waals surface area contributed by atoms with Crippen molar-refractivity contribution in [1.82, 2.24) is 9.78 Å². The first-order valence-corrected chi connectivity index (χ1v) is 6.59. The highest BCUT2D eigenvalue weighted by molar-refractivity contribution is 9.10. The number of aryl methyl sites for hydroxylation is 1. The van der Waals surface area contributed by atoms with E-state index in [-0.39, 0.29) is 17.2 Å². The maximum absolute atomic E-state index is 11.9. The standard InChI is InChI=1S/C13H10BrN3O3/c1-17-9-3-2-7(6-8(9)12(18)16-17)15-13(19)10-4-5-11(14)20-10/h2-6H,1H3,(H,15,19)(H,16,18). The Morgan fingerprint density at radius 2 is 2.15 bits per heavy atom. The maximum Gasteiger partial charge on any atom is 0.291 e. The molecule has 0 fully saturated rings. The number of anilines is 1. The third kappa shape index (κ3) is 2.16. The molecule has 1 amide bonds. The zero-order chi connectivity index (χ0) is 14.3. The minimum absolute atomic E-state index is 0.193. The summed E-state index contributed by atoms with van der Waals surface area (Å²) in [6.45, 7) is 0. The molecule has 0 aliphatic heterocycles. The summed E-state index contributed by atoms with van der Waals surface area (Å²) in [7, 11) is 1.75. The van der Waals surface area contributed by atoms with Crippen molar-refractivity contribution in [3.8, 4) is 0 Å². The summed E-state index contributed by atoms with van der Waals surface area (Å²) < 4.78 is 7.28. The fourth-order valence-electron chi connectivity index (χ4n) is 1.99. The first-order valence-electron chi connectivity index (χ1n) is 5.80. The lowest BCUT2D eigenvalue weighted by Crippen LogP contribution is -2.11. The van der Waals surface area contributed by atoms with Crippen LogP contribution in [0.2, 0.25) is 0 Å². The van der Waals surface area contributed by atoms with Crippen LogP contribution in [-0.2, 0) is 7.05 Å². The minimum atomic E-state index is -0.373. The molecule has 7 heteroatoms. The van der Waals surface area contributed by atoms with Crippen molar-refractivity contribution in [1.29, 1.82) is 0 Å². The monoisotopic (exact) mass is 335 g/mol. The molecule has 0 aliphatic rings. The number of carbonyl (C=O) groups is 1. The lowest BCUT2D eigenvalue weighted by molar-refractivity contribution is 0.0995. The number of H-pyrrole nitrogens is 1. The molecule has 102 valence electrons. The lowest BCUT2D eigenvalue weighted by Gasteiger charge is -2.03. The van der Waals surface area contributed by atoms with Crippen LogP contribution in [0, 0.1) is 0 Å². The topological polar surface area (TPSA) is 80.0 Å². The first-order chi connectivity index (χ1) is 9.54. The Kier molecular flexibility index (Phi) is 2.98. The van der Waals surface area contributed by atoms with E-state index in [1.165, 1.54) is 0 Å². The van der Waals surface area contributed by atoms with Gasteiger partial charge in [0.05, 0.1) is 10.9 Å². The van der Waals surface area contributed by atoms with Gasteiger partial charge in [-0.05, 0) is 46.3 Å². The van der Waals surface area contributed by atoms with Crippen molar-refractivity contribution in [3.63, 3.8) is 0 Å². The van der Waals surface area contributed by atoms with Crippen LogP contribution in [0.4, 0.5) is 5.69 Å². The van der Waals surface area contributed by atoms with Gasteiger partial charge in [0.15, 0.2) is 10.4 Å². The van der Waals surface area contributed by atoms with Crippen LogP contribution < -0.4 is 10.9 Å².